The second-order valence-electron chi connectivity index (χ2n) is 6.60. The minimum absolute atomic E-state index is 0.167. The van der Waals surface area contributed by atoms with Crippen LogP contribution in [0.1, 0.15) is 12.8 Å². The lowest BCUT2D eigenvalue weighted by Gasteiger charge is -2.23. The average Bonchev–Trinajstić information content (AvgIpc) is 3.20. The molecule has 0 aliphatic carbocycles. The molecule has 1 heterocycles. The first-order chi connectivity index (χ1) is 13.5. The zero-order valence-electron chi connectivity index (χ0n) is 15.8. The molecule has 0 spiro atoms. The van der Waals surface area contributed by atoms with Crippen molar-refractivity contribution < 1.29 is 17.9 Å². The van der Waals surface area contributed by atoms with Crippen molar-refractivity contribution in [2.75, 3.05) is 24.7 Å². The number of hydrogen-bond acceptors (Lipinski definition) is 4. The Kier molecular flexibility index (Phi) is 6.16. The van der Waals surface area contributed by atoms with Gasteiger partial charge >= 0.3 is 0 Å². The first-order valence-electron chi connectivity index (χ1n) is 9.11. The molecule has 0 aromatic heterocycles. The molecule has 1 atom stereocenters. The fraction of sp³-hybridized carbons (Fsp3) is 0.286. The Bertz CT molecular complexity index is 955. The Morgan fingerprint density at radius 1 is 1.25 bits per heavy atom. The van der Waals surface area contributed by atoms with Crippen LogP contribution in [0.4, 0.5) is 5.69 Å². The van der Waals surface area contributed by atoms with Crippen LogP contribution < -0.4 is 10.1 Å². The van der Waals surface area contributed by atoms with E-state index in [4.69, 9.17) is 4.74 Å². The van der Waals surface area contributed by atoms with Crippen molar-refractivity contribution in [1.29, 1.82) is 0 Å². The molecule has 0 bridgehead atoms. The standard InChI is InChI=1S/C21H24N2O4S/c1-3-15-28(25,26)23-14-6-9-20(23)21(24)22-19-8-5-4-7-18(19)16-10-12-17(27-2)13-11-16/h3-5,7-8,10-13,20H,1,6,9,14-15H2,2H3,(H,22,24)/t20-/m0/s1. The highest BCUT2D eigenvalue weighted by Gasteiger charge is 2.38. The molecule has 2 aromatic carbocycles. The topological polar surface area (TPSA) is 75.7 Å². The second-order valence-corrected chi connectivity index (χ2v) is 8.57. The molecule has 0 radical (unpaired) electrons. The first kappa shape index (κ1) is 20.1. The Labute approximate surface area is 165 Å². The number of hydrogen-bond donors (Lipinski definition) is 1. The summed E-state index contributed by atoms with van der Waals surface area (Å²) in [5.74, 6) is 0.268. The number of carbonyl (C=O) groups excluding carboxylic acids is 1. The van der Waals surface area contributed by atoms with E-state index in [-0.39, 0.29) is 11.7 Å². The summed E-state index contributed by atoms with van der Waals surface area (Å²) in [6.07, 6.45) is 2.52. The predicted octanol–water partition coefficient (Wildman–Crippen LogP) is 3.28. The van der Waals surface area contributed by atoms with Gasteiger partial charge in [-0.15, -0.1) is 6.58 Å². The Morgan fingerprint density at radius 2 is 1.96 bits per heavy atom. The van der Waals surface area contributed by atoms with E-state index in [2.05, 4.69) is 11.9 Å². The fourth-order valence-electron chi connectivity index (χ4n) is 3.41. The molecular weight excluding hydrogens is 376 g/mol. The van der Waals surface area contributed by atoms with E-state index in [0.717, 1.165) is 16.9 Å². The van der Waals surface area contributed by atoms with Crippen LogP contribution in [0.5, 0.6) is 5.75 Å². The number of benzene rings is 2. The van der Waals surface area contributed by atoms with Crippen molar-refractivity contribution in [3.05, 3.63) is 61.2 Å². The van der Waals surface area contributed by atoms with Crippen LogP contribution in [-0.2, 0) is 14.8 Å². The number of ether oxygens (including phenoxy) is 1. The maximum atomic E-state index is 12.9. The third-order valence-electron chi connectivity index (χ3n) is 4.78. The Morgan fingerprint density at radius 3 is 2.64 bits per heavy atom. The van der Waals surface area contributed by atoms with E-state index in [0.29, 0.717) is 25.1 Å². The molecule has 7 heteroatoms. The minimum atomic E-state index is -3.53. The highest BCUT2D eigenvalue weighted by molar-refractivity contribution is 7.89. The molecule has 6 nitrogen and oxygen atoms in total. The number of amides is 1. The number of methoxy groups -OCH3 is 1. The van der Waals surface area contributed by atoms with Crippen LogP contribution in [0, 0.1) is 0 Å². The smallest absolute Gasteiger partial charge is 0.242 e. The lowest BCUT2D eigenvalue weighted by atomic mass is 10.0. The quantitative estimate of drug-likeness (QED) is 0.724. The van der Waals surface area contributed by atoms with Gasteiger partial charge in [0.15, 0.2) is 0 Å². The van der Waals surface area contributed by atoms with Crippen molar-refractivity contribution in [2.45, 2.75) is 18.9 Å². The molecular formula is C21H24N2O4S. The highest BCUT2D eigenvalue weighted by Crippen LogP contribution is 2.30. The molecule has 3 rings (SSSR count). The molecule has 1 saturated heterocycles. The number of carbonyl (C=O) groups is 1. The van der Waals surface area contributed by atoms with Crippen LogP contribution in [-0.4, -0.2) is 44.1 Å². The Hall–Kier alpha value is -2.64. The fourth-order valence-corrected chi connectivity index (χ4v) is 4.90. The van der Waals surface area contributed by atoms with Crippen molar-refractivity contribution in [2.24, 2.45) is 0 Å². The molecule has 1 fully saturated rings. The third-order valence-corrected chi connectivity index (χ3v) is 6.59. The molecule has 1 N–H and O–H groups in total. The molecule has 1 amide bonds. The first-order valence-corrected chi connectivity index (χ1v) is 10.7. The molecule has 1 aliphatic heterocycles. The van der Waals surface area contributed by atoms with Gasteiger partial charge in [0.2, 0.25) is 15.9 Å². The molecule has 148 valence electrons. The van der Waals surface area contributed by atoms with E-state index in [9.17, 15) is 13.2 Å². The summed E-state index contributed by atoms with van der Waals surface area (Å²) in [4.78, 5) is 12.9. The highest BCUT2D eigenvalue weighted by atomic mass is 32.2. The van der Waals surface area contributed by atoms with Gasteiger partial charge in [-0.25, -0.2) is 8.42 Å². The van der Waals surface area contributed by atoms with Crippen LogP contribution in [0.25, 0.3) is 11.1 Å². The number of anilines is 1. The van der Waals surface area contributed by atoms with Gasteiger partial charge in [-0.2, -0.15) is 4.31 Å². The van der Waals surface area contributed by atoms with Crippen LogP contribution in [0.15, 0.2) is 61.2 Å². The van der Waals surface area contributed by atoms with Crippen LogP contribution in [0.3, 0.4) is 0 Å². The molecule has 28 heavy (non-hydrogen) atoms. The number of nitrogens with one attached hydrogen (secondary N) is 1. The normalized spacial score (nSPS) is 17.2. The zero-order chi connectivity index (χ0) is 20.1. The second kappa shape index (κ2) is 8.58. The van der Waals surface area contributed by atoms with E-state index in [1.54, 1.807) is 7.11 Å². The van der Waals surface area contributed by atoms with Crippen molar-refractivity contribution in [3.8, 4) is 16.9 Å². The number of nitrogens with zero attached hydrogens (tertiary/aromatic N) is 1. The maximum absolute atomic E-state index is 12.9. The van der Waals surface area contributed by atoms with E-state index in [1.165, 1.54) is 10.4 Å². The number of rotatable bonds is 7. The Balaban J connectivity index is 1.83. The van der Waals surface area contributed by atoms with E-state index in [1.807, 2.05) is 48.5 Å². The van der Waals surface area contributed by atoms with Gasteiger partial charge in [-0.05, 0) is 36.6 Å². The maximum Gasteiger partial charge on any atom is 0.242 e. The average molecular weight is 401 g/mol. The minimum Gasteiger partial charge on any atom is -0.497 e. The van der Waals surface area contributed by atoms with Gasteiger partial charge in [0.1, 0.15) is 11.8 Å². The summed E-state index contributed by atoms with van der Waals surface area (Å²) in [5.41, 5.74) is 2.43. The largest absolute Gasteiger partial charge is 0.497 e. The lowest BCUT2D eigenvalue weighted by Crippen LogP contribution is -2.43. The summed E-state index contributed by atoms with van der Waals surface area (Å²) < 4.78 is 31.3. The summed E-state index contributed by atoms with van der Waals surface area (Å²) in [6, 6.07) is 14.3. The van der Waals surface area contributed by atoms with Gasteiger partial charge in [0.05, 0.1) is 12.9 Å². The summed E-state index contributed by atoms with van der Waals surface area (Å²) in [6.45, 7) is 3.85. The molecule has 2 aromatic rings. The lowest BCUT2D eigenvalue weighted by molar-refractivity contribution is -0.119. The summed E-state index contributed by atoms with van der Waals surface area (Å²) in [5, 5.41) is 2.92. The van der Waals surface area contributed by atoms with Gasteiger partial charge in [-0.3, -0.25) is 4.79 Å². The van der Waals surface area contributed by atoms with Gasteiger partial charge < -0.3 is 10.1 Å². The number of para-hydroxylation sites is 1. The zero-order valence-corrected chi connectivity index (χ0v) is 16.6. The number of sulfonamides is 1. The van der Waals surface area contributed by atoms with Crippen molar-refractivity contribution in [3.63, 3.8) is 0 Å². The molecule has 1 aliphatic rings. The SMILES string of the molecule is C=CCS(=O)(=O)N1CCC[C@H]1C(=O)Nc1ccccc1-c1ccc(OC)cc1. The summed E-state index contributed by atoms with van der Waals surface area (Å²) in [7, 11) is -1.92. The van der Waals surface area contributed by atoms with Crippen molar-refractivity contribution >= 4 is 21.6 Å². The van der Waals surface area contributed by atoms with Crippen molar-refractivity contribution in [1.82, 2.24) is 4.31 Å². The van der Waals surface area contributed by atoms with Crippen LogP contribution in [0.2, 0.25) is 0 Å². The molecule has 0 unspecified atom stereocenters. The van der Waals surface area contributed by atoms with Gasteiger partial charge in [-0.1, -0.05) is 36.4 Å². The predicted molar refractivity (Wildman–Crippen MR) is 111 cm³/mol. The third kappa shape index (κ3) is 4.26. The van der Waals surface area contributed by atoms with E-state index >= 15 is 0 Å². The monoisotopic (exact) mass is 400 g/mol. The van der Waals surface area contributed by atoms with Crippen LogP contribution >= 0.6 is 0 Å². The molecule has 0 saturated carbocycles. The van der Waals surface area contributed by atoms with Gasteiger partial charge in [0.25, 0.3) is 0 Å². The van der Waals surface area contributed by atoms with Gasteiger partial charge in [0, 0.05) is 17.8 Å². The van der Waals surface area contributed by atoms with E-state index < -0.39 is 16.1 Å². The summed E-state index contributed by atoms with van der Waals surface area (Å²) >= 11 is 0.